The summed E-state index contributed by atoms with van der Waals surface area (Å²) in [6, 6.07) is 9.98. The Bertz CT molecular complexity index is 1230. The van der Waals surface area contributed by atoms with Crippen molar-refractivity contribution in [1.29, 1.82) is 5.26 Å². The Balaban J connectivity index is 1.30. The molecule has 0 radical (unpaired) electrons. The van der Waals surface area contributed by atoms with Gasteiger partial charge in [0.1, 0.15) is 22.6 Å². The molecule has 36 heavy (non-hydrogen) atoms. The minimum Gasteiger partial charge on any atom is -0.494 e. The van der Waals surface area contributed by atoms with Gasteiger partial charge in [0, 0.05) is 23.7 Å². The molecule has 0 fully saturated rings. The predicted molar refractivity (Wildman–Crippen MR) is 136 cm³/mol. The Morgan fingerprint density at radius 3 is 2.97 bits per heavy atom. The van der Waals surface area contributed by atoms with E-state index in [0.29, 0.717) is 55.3 Å². The van der Waals surface area contributed by atoms with Crippen LogP contribution in [-0.2, 0) is 35.3 Å². The Morgan fingerprint density at radius 2 is 2.19 bits per heavy atom. The van der Waals surface area contributed by atoms with E-state index in [1.54, 1.807) is 12.4 Å². The first-order chi connectivity index (χ1) is 17.6. The van der Waals surface area contributed by atoms with Crippen molar-refractivity contribution in [3.63, 3.8) is 0 Å². The summed E-state index contributed by atoms with van der Waals surface area (Å²) in [4.78, 5) is 32.7. The number of thiophene rings is 1. The number of H-pyrrole nitrogens is 1. The van der Waals surface area contributed by atoms with Crippen molar-refractivity contribution in [2.75, 3.05) is 18.5 Å². The molecule has 0 bridgehead atoms. The average molecular weight is 508 g/mol. The van der Waals surface area contributed by atoms with Gasteiger partial charge in [-0.15, -0.1) is 11.3 Å². The molecule has 188 valence electrons. The summed E-state index contributed by atoms with van der Waals surface area (Å²) in [5.41, 5.74) is 2.53. The molecular formula is C26H29N5O4S. The number of aromatic amines is 1. The van der Waals surface area contributed by atoms with Crippen molar-refractivity contribution in [2.24, 2.45) is 5.92 Å². The van der Waals surface area contributed by atoms with Gasteiger partial charge in [0.05, 0.1) is 25.3 Å². The fraction of sp³-hybridized carbons (Fsp3) is 0.385. The molecule has 3 N–H and O–H groups in total. The van der Waals surface area contributed by atoms with Gasteiger partial charge in [-0.05, 0) is 55.7 Å². The van der Waals surface area contributed by atoms with Gasteiger partial charge >= 0.3 is 6.09 Å². The number of aromatic nitrogens is 2. The van der Waals surface area contributed by atoms with Crippen LogP contribution < -0.4 is 15.4 Å². The van der Waals surface area contributed by atoms with E-state index in [9.17, 15) is 14.9 Å². The molecule has 2 heterocycles. The molecule has 4 rings (SSSR count). The van der Waals surface area contributed by atoms with Gasteiger partial charge in [0.25, 0.3) is 0 Å². The second-order valence-corrected chi connectivity index (χ2v) is 9.61. The maximum Gasteiger partial charge on any atom is 0.407 e. The van der Waals surface area contributed by atoms with Crippen LogP contribution in [0, 0.1) is 17.2 Å². The third-order valence-electron chi connectivity index (χ3n) is 6.03. The summed E-state index contributed by atoms with van der Waals surface area (Å²) in [6.45, 7) is 3.07. The number of imidazole rings is 1. The molecule has 1 aromatic carbocycles. The first-order valence-corrected chi connectivity index (χ1v) is 12.8. The Hall–Kier alpha value is -3.84. The van der Waals surface area contributed by atoms with E-state index in [0.717, 1.165) is 28.2 Å². The molecule has 9 nitrogen and oxygen atoms in total. The van der Waals surface area contributed by atoms with Crippen LogP contribution in [0.1, 0.15) is 47.2 Å². The van der Waals surface area contributed by atoms with Gasteiger partial charge in [-0.2, -0.15) is 5.26 Å². The minimum absolute atomic E-state index is 0.135. The summed E-state index contributed by atoms with van der Waals surface area (Å²) >= 11 is 1.45. The lowest BCUT2D eigenvalue weighted by molar-refractivity contribution is -0.116. The zero-order chi connectivity index (χ0) is 25.3. The number of carbonyl (C=O) groups excluding carboxylic acids is 2. The zero-order valence-electron chi connectivity index (χ0n) is 20.1. The van der Waals surface area contributed by atoms with Crippen molar-refractivity contribution in [2.45, 2.75) is 45.6 Å². The van der Waals surface area contributed by atoms with Crippen molar-refractivity contribution < 1.29 is 19.1 Å². The normalized spacial score (nSPS) is 14.4. The van der Waals surface area contributed by atoms with Gasteiger partial charge < -0.3 is 25.1 Å². The quantitative estimate of drug-likeness (QED) is 0.374. The number of nitrogens with zero attached hydrogens (tertiary/aromatic N) is 2. The molecule has 0 spiro atoms. The number of hydrogen-bond acceptors (Lipinski definition) is 7. The average Bonchev–Trinajstić information content (AvgIpc) is 3.53. The highest BCUT2D eigenvalue weighted by molar-refractivity contribution is 7.16. The number of carbonyl (C=O) groups is 2. The van der Waals surface area contributed by atoms with Crippen LogP contribution >= 0.6 is 11.3 Å². The first kappa shape index (κ1) is 25.3. The van der Waals surface area contributed by atoms with E-state index in [-0.39, 0.29) is 18.4 Å². The largest absolute Gasteiger partial charge is 0.494 e. The van der Waals surface area contributed by atoms with Crippen LogP contribution in [-0.4, -0.2) is 35.2 Å². The molecule has 3 aromatic rings. The Morgan fingerprint density at radius 1 is 1.33 bits per heavy atom. The lowest BCUT2D eigenvalue weighted by Crippen LogP contribution is -2.28. The van der Waals surface area contributed by atoms with Gasteiger partial charge in [0.2, 0.25) is 5.91 Å². The van der Waals surface area contributed by atoms with E-state index in [1.807, 2.05) is 31.2 Å². The van der Waals surface area contributed by atoms with E-state index in [2.05, 4.69) is 26.7 Å². The molecule has 1 atom stereocenters. The van der Waals surface area contributed by atoms with E-state index >= 15 is 0 Å². The van der Waals surface area contributed by atoms with E-state index in [1.165, 1.54) is 11.3 Å². The molecule has 1 aliphatic rings. The second kappa shape index (κ2) is 12.2. The smallest absolute Gasteiger partial charge is 0.407 e. The van der Waals surface area contributed by atoms with Crippen LogP contribution in [0.2, 0.25) is 0 Å². The topological polar surface area (TPSA) is 129 Å². The molecule has 10 heteroatoms. The monoisotopic (exact) mass is 507 g/mol. The highest BCUT2D eigenvalue weighted by Crippen LogP contribution is 2.39. The number of rotatable bonds is 10. The van der Waals surface area contributed by atoms with Crippen LogP contribution in [0.5, 0.6) is 5.75 Å². The molecule has 2 aromatic heterocycles. The third-order valence-corrected chi connectivity index (χ3v) is 7.20. The molecular weight excluding hydrogens is 478 g/mol. The van der Waals surface area contributed by atoms with Crippen molar-refractivity contribution in [3.8, 4) is 11.8 Å². The number of aryl methyl sites for hydroxylation is 1. The van der Waals surface area contributed by atoms with E-state index in [4.69, 9.17) is 9.47 Å². The number of benzene rings is 1. The second-order valence-electron chi connectivity index (χ2n) is 8.51. The Kier molecular flexibility index (Phi) is 8.57. The Labute approximate surface area is 213 Å². The van der Waals surface area contributed by atoms with Crippen LogP contribution in [0.3, 0.4) is 0 Å². The standard InChI is InChI=1S/C26H29N5O4S/c1-2-34-21-6-4-3-5-18(21)8-10-24(32)31-25-20(14-27)19-9-7-17(13-22(19)36-25)16-35-26(33)30-15-23-28-11-12-29-23/h3-6,11-12,17H,2,7-10,13,15-16H2,1H3,(H,28,29)(H,30,33)(H,31,32). The lowest BCUT2D eigenvalue weighted by Gasteiger charge is -2.21. The van der Waals surface area contributed by atoms with E-state index < -0.39 is 6.09 Å². The van der Waals surface area contributed by atoms with Gasteiger partial charge in [-0.1, -0.05) is 18.2 Å². The van der Waals surface area contributed by atoms with Crippen molar-refractivity contribution >= 4 is 28.3 Å². The lowest BCUT2D eigenvalue weighted by atomic mass is 9.88. The maximum atomic E-state index is 12.7. The number of ether oxygens (including phenoxy) is 2. The number of nitriles is 1. The summed E-state index contributed by atoms with van der Waals surface area (Å²) in [6.07, 6.45) is 5.91. The summed E-state index contributed by atoms with van der Waals surface area (Å²) < 4.78 is 11.0. The number of fused-ring (bicyclic) bond motifs is 1. The number of nitrogens with one attached hydrogen (secondary N) is 3. The van der Waals surface area contributed by atoms with Gasteiger partial charge in [-0.3, -0.25) is 4.79 Å². The molecule has 2 amide bonds. The minimum atomic E-state index is -0.486. The molecule has 0 saturated carbocycles. The summed E-state index contributed by atoms with van der Waals surface area (Å²) in [5, 5.41) is 16.0. The van der Waals surface area contributed by atoms with Crippen LogP contribution in [0.4, 0.5) is 9.80 Å². The SMILES string of the molecule is CCOc1ccccc1CCC(=O)Nc1sc2c(c1C#N)CCC(COC(=O)NCc1ncc[nH]1)C2. The first-order valence-electron chi connectivity index (χ1n) is 12.0. The predicted octanol–water partition coefficient (Wildman–Crippen LogP) is 4.34. The van der Waals surface area contributed by atoms with Crippen molar-refractivity contribution in [3.05, 3.63) is 64.1 Å². The summed E-state index contributed by atoms with van der Waals surface area (Å²) in [7, 11) is 0. The number of amides is 2. The molecule has 1 unspecified atom stereocenters. The highest BCUT2D eigenvalue weighted by atomic mass is 32.1. The fourth-order valence-corrected chi connectivity index (χ4v) is 5.57. The number of para-hydroxylation sites is 1. The molecule has 1 aliphatic carbocycles. The number of anilines is 1. The van der Waals surface area contributed by atoms with Gasteiger partial charge in [-0.25, -0.2) is 9.78 Å². The van der Waals surface area contributed by atoms with Crippen molar-refractivity contribution in [1.82, 2.24) is 15.3 Å². The highest BCUT2D eigenvalue weighted by Gasteiger charge is 2.27. The number of hydrogen-bond donors (Lipinski definition) is 3. The molecule has 0 aliphatic heterocycles. The summed E-state index contributed by atoms with van der Waals surface area (Å²) in [5.74, 6) is 1.48. The van der Waals surface area contributed by atoms with Crippen LogP contribution in [0.15, 0.2) is 36.7 Å². The van der Waals surface area contributed by atoms with Crippen LogP contribution in [0.25, 0.3) is 0 Å². The molecule has 0 saturated heterocycles. The fourth-order valence-electron chi connectivity index (χ4n) is 4.24. The maximum absolute atomic E-state index is 12.7. The number of alkyl carbamates (subject to hydrolysis) is 1. The van der Waals surface area contributed by atoms with Gasteiger partial charge in [0.15, 0.2) is 0 Å². The zero-order valence-corrected chi connectivity index (χ0v) is 21.0. The third kappa shape index (κ3) is 6.43.